The Hall–Kier alpha value is -0.790. The quantitative estimate of drug-likeness (QED) is 0.669. The zero-order valence-electron chi connectivity index (χ0n) is 9.67. The Balaban J connectivity index is 2.46. The normalized spacial score (nSPS) is 26.3. The second-order valence-corrected chi connectivity index (χ2v) is 4.68. The lowest BCUT2D eigenvalue weighted by Crippen LogP contribution is -2.21. The van der Waals surface area contributed by atoms with Crippen LogP contribution in [0, 0.1) is 12.8 Å². The predicted molar refractivity (Wildman–Crippen MR) is 58.5 cm³/mol. The minimum absolute atomic E-state index is 0.640. The van der Waals surface area contributed by atoms with E-state index >= 15 is 0 Å². The van der Waals surface area contributed by atoms with Gasteiger partial charge in [-0.2, -0.15) is 0 Å². The molecule has 0 saturated carbocycles. The molecule has 1 aromatic rings. The van der Waals surface area contributed by atoms with Gasteiger partial charge in [0.05, 0.1) is 5.69 Å². The van der Waals surface area contributed by atoms with E-state index in [0.29, 0.717) is 6.04 Å². The first-order chi connectivity index (χ1) is 6.63. The number of rotatable bonds is 1. The number of imidazole rings is 1. The summed E-state index contributed by atoms with van der Waals surface area (Å²) in [6.45, 7) is 9.04. The summed E-state index contributed by atoms with van der Waals surface area (Å²) >= 11 is 0. The highest BCUT2D eigenvalue weighted by Gasteiger charge is 2.24. The highest BCUT2D eigenvalue weighted by atomic mass is 15.1. The van der Waals surface area contributed by atoms with Gasteiger partial charge in [-0.3, -0.25) is 0 Å². The lowest BCUT2D eigenvalue weighted by molar-refractivity contribution is 0.339. The molecule has 0 aliphatic carbocycles. The molecule has 2 heteroatoms. The molecule has 0 N–H and O–H groups in total. The molecule has 0 bridgehead atoms. The molecule has 0 radical (unpaired) electrons. The molecule has 0 amide bonds. The van der Waals surface area contributed by atoms with E-state index in [1.54, 1.807) is 0 Å². The lowest BCUT2D eigenvalue weighted by Gasteiger charge is -2.27. The summed E-state index contributed by atoms with van der Waals surface area (Å²) in [6, 6.07) is 0.640. The van der Waals surface area contributed by atoms with E-state index in [9.17, 15) is 0 Å². The van der Waals surface area contributed by atoms with Gasteiger partial charge in [-0.15, -0.1) is 0 Å². The van der Waals surface area contributed by atoms with Crippen LogP contribution in [0.1, 0.15) is 50.4 Å². The van der Waals surface area contributed by atoms with Crippen LogP contribution >= 0.6 is 0 Å². The van der Waals surface area contributed by atoms with Crippen molar-refractivity contribution in [1.29, 1.82) is 0 Å². The third-order valence-corrected chi connectivity index (χ3v) is 3.37. The van der Waals surface area contributed by atoms with E-state index in [4.69, 9.17) is 4.98 Å². The van der Waals surface area contributed by atoms with Crippen molar-refractivity contribution in [2.45, 2.75) is 53.0 Å². The SMILES string of the molecule is CCc1nc2n(c1C)C(C)CC(C)C2. The molecular weight excluding hydrogens is 172 g/mol. The number of aromatic nitrogens is 2. The minimum atomic E-state index is 0.640. The molecule has 14 heavy (non-hydrogen) atoms. The Labute approximate surface area is 86.3 Å². The summed E-state index contributed by atoms with van der Waals surface area (Å²) < 4.78 is 2.44. The maximum atomic E-state index is 4.73. The third kappa shape index (κ3) is 1.37. The molecule has 0 aromatic carbocycles. The van der Waals surface area contributed by atoms with Gasteiger partial charge in [-0.05, 0) is 32.6 Å². The van der Waals surface area contributed by atoms with Crippen LogP contribution in [0.5, 0.6) is 0 Å². The summed E-state index contributed by atoms with van der Waals surface area (Å²) in [5.41, 5.74) is 2.68. The molecule has 1 aliphatic heterocycles. The van der Waals surface area contributed by atoms with Crippen LogP contribution in [0.15, 0.2) is 0 Å². The molecule has 2 unspecified atom stereocenters. The molecule has 2 rings (SSSR count). The van der Waals surface area contributed by atoms with Gasteiger partial charge in [0.25, 0.3) is 0 Å². The van der Waals surface area contributed by atoms with Crippen LogP contribution in [0.3, 0.4) is 0 Å². The standard InChI is InChI=1S/C12H20N2/c1-5-11-10(4)14-9(3)6-8(2)7-12(14)13-11/h8-9H,5-7H2,1-4H3. The molecule has 2 atom stereocenters. The van der Waals surface area contributed by atoms with Crippen LogP contribution in [0.4, 0.5) is 0 Å². The number of aryl methyl sites for hydroxylation is 1. The van der Waals surface area contributed by atoms with E-state index in [1.165, 1.54) is 23.6 Å². The van der Waals surface area contributed by atoms with Crippen molar-refractivity contribution in [3.05, 3.63) is 17.2 Å². The maximum absolute atomic E-state index is 4.73. The summed E-state index contributed by atoms with van der Waals surface area (Å²) in [4.78, 5) is 4.73. The Morgan fingerprint density at radius 1 is 1.43 bits per heavy atom. The largest absolute Gasteiger partial charge is 0.329 e. The second kappa shape index (κ2) is 3.41. The van der Waals surface area contributed by atoms with Crippen molar-refractivity contribution in [1.82, 2.24) is 9.55 Å². The summed E-state index contributed by atoms with van der Waals surface area (Å²) in [5.74, 6) is 2.11. The Morgan fingerprint density at radius 3 is 2.79 bits per heavy atom. The number of hydrogen-bond donors (Lipinski definition) is 0. The molecule has 2 heterocycles. The number of nitrogens with zero attached hydrogens (tertiary/aromatic N) is 2. The van der Waals surface area contributed by atoms with E-state index in [1.807, 2.05) is 0 Å². The van der Waals surface area contributed by atoms with Crippen LogP contribution in [0.25, 0.3) is 0 Å². The molecule has 0 fully saturated rings. The van der Waals surface area contributed by atoms with Crippen molar-refractivity contribution in [3.8, 4) is 0 Å². The fraction of sp³-hybridized carbons (Fsp3) is 0.750. The van der Waals surface area contributed by atoms with Crippen LogP contribution in [0.2, 0.25) is 0 Å². The molecule has 1 aliphatic rings. The highest BCUT2D eigenvalue weighted by Crippen LogP contribution is 2.30. The second-order valence-electron chi connectivity index (χ2n) is 4.68. The fourth-order valence-corrected chi connectivity index (χ4v) is 2.77. The first kappa shape index (κ1) is 9.75. The van der Waals surface area contributed by atoms with Crippen molar-refractivity contribution in [2.24, 2.45) is 5.92 Å². The fourth-order valence-electron chi connectivity index (χ4n) is 2.77. The van der Waals surface area contributed by atoms with Crippen LogP contribution < -0.4 is 0 Å². The molecule has 78 valence electrons. The van der Waals surface area contributed by atoms with Crippen molar-refractivity contribution in [2.75, 3.05) is 0 Å². The average molecular weight is 192 g/mol. The molecular formula is C12H20N2. The lowest BCUT2D eigenvalue weighted by atomic mass is 9.95. The summed E-state index contributed by atoms with van der Waals surface area (Å²) in [5, 5.41) is 0. The molecule has 1 aromatic heterocycles. The zero-order valence-corrected chi connectivity index (χ0v) is 9.67. The van der Waals surface area contributed by atoms with Crippen LogP contribution in [-0.4, -0.2) is 9.55 Å². The van der Waals surface area contributed by atoms with Crippen LogP contribution in [-0.2, 0) is 12.8 Å². The zero-order chi connectivity index (χ0) is 10.3. The van der Waals surface area contributed by atoms with E-state index in [0.717, 1.165) is 18.8 Å². The minimum Gasteiger partial charge on any atom is -0.329 e. The van der Waals surface area contributed by atoms with Gasteiger partial charge in [0, 0.05) is 18.2 Å². The van der Waals surface area contributed by atoms with E-state index < -0.39 is 0 Å². The smallest absolute Gasteiger partial charge is 0.109 e. The van der Waals surface area contributed by atoms with Gasteiger partial charge in [-0.25, -0.2) is 4.98 Å². The van der Waals surface area contributed by atoms with Gasteiger partial charge in [0.15, 0.2) is 0 Å². The topological polar surface area (TPSA) is 17.8 Å². The highest BCUT2D eigenvalue weighted by molar-refractivity contribution is 5.18. The van der Waals surface area contributed by atoms with Gasteiger partial charge in [0.1, 0.15) is 5.82 Å². The molecule has 2 nitrogen and oxygen atoms in total. The summed E-state index contributed by atoms with van der Waals surface area (Å²) in [7, 11) is 0. The number of fused-ring (bicyclic) bond motifs is 1. The van der Waals surface area contributed by atoms with E-state index in [-0.39, 0.29) is 0 Å². The van der Waals surface area contributed by atoms with Gasteiger partial charge >= 0.3 is 0 Å². The Morgan fingerprint density at radius 2 is 2.14 bits per heavy atom. The van der Waals surface area contributed by atoms with Gasteiger partial charge in [0.2, 0.25) is 0 Å². The maximum Gasteiger partial charge on any atom is 0.109 e. The Bertz CT molecular complexity index is 338. The van der Waals surface area contributed by atoms with Gasteiger partial charge in [-0.1, -0.05) is 13.8 Å². The van der Waals surface area contributed by atoms with Crippen molar-refractivity contribution in [3.63, 3.8) is 0 Å². The average Bonchev–Trinajstić information content (AvgIpc) is 2.42. The summed E-state index contributed by atoms with van der Waals surface area (Å²) in [6.07, 6.45) is 3.52. The monoisotopic (exact) mass is 192 g/mol. The molecule has 0 saturated heterocycles. The third-order valence-electron chi connectivity index (χ3n) is 3.37. The van der Waals surface area contributed by atoms with Crippen molar-refractivity contribution >= 4 is 0 Å². The first-order valence-corrected chi connectivity index (χ1v) is 5.70. The number of hydrogen-bond acceptors (Lipinski definition) is 1. The van der Waals surface area contributed by atoms with Crippen molar-refractivity contribution < 1.29 is 0 Å². The van der Waals surface area contributed by atoms with E-state index in [2.05, 4.69) is 32.3 Å². The molecule has 0 spiro atoms. The Kier molecular flexibility index (Phi) is 2.38. The first-order valence-electron chi connectivity index (χ1n) is 5.70. The van der Waals surface area contributed by atoms with Gasteiger partial charge < -0.3 is 4.57 Å². The predicted octanol–water partition coefficient (Wildman–Crippen LogP) is 2.90.